The van der Waals surface area contributed by atoms with E-state index in [1.165, 1.54) is 36.8 Å². The summed E-state index contributed by atoms with van der Waals surface area (Å²) in [5, 5.41) is 85.6. The van der Waals surface area contributed by atoms with E-state index >= 15 is 0 Å². The van der Waals surface area contributed by atoms with Crippen molar-refractivity contribution in [3.8, 4) is 5.75 Å². The first-order valence-electron chi connectivity index (χ1n) is 41.6. The molecule has 2 aromatic rings. The summed E-state index contributed by atoms with van der Waals surface area (Å²) in [6.45, 7) is 16.8. The number of aromatic amines is 1. The van der Waals surface area contributed by atoms with Gasteiger partial charge in [-0.25, -0.2) is 9.78 Å². The highest BCUT2D eigenvalue weighted by molar-refractivity contribution is 6.01. The van der Waals surface area contributed by atoms with Gasteiger partial charge in [-0.2, -0.15) is 0 Å². The molecule has 0 saturated carbocycles. The highest BCUT2D eigenvalue weighted by Crippen LogP contribution is 2.18. The summed E-state index contributed by atoms with van der Waals surface area (Å²) in [7, 11) is 0. The van der Waals surface area contributed by atoms with Gasteiger partial charge in [0.1, 0.15) is 84.3 Å². The monoisotopic (exact) mass is 1760 g/mol. The molecule has 124 heavy (non-hydrogen) atoms. The zero-order chi connectivity index (χ0) is 93.8. The summed E-state index contributed by atoms with van der Waals surface area (Å²) in [5.74, 6) is -20.6. The molecule has 44 nitrogen and oxygen atoms in total. The molecule has 44 heteroatoms. The minimum absolute atomic E-state index is 0.00804. The number of aliphatic hydroxyl groups excluding tert-OH is 2. The van der Waals surface area contributed by atoms with Crippen LogP contribution in [0.25, 0.3) is 0 Å². The number of nitrogens with zero attached hydrogens (tertiary/aromatic N) is 1. The Balaban J connectivity index is 2.53. The number of carboxylic acid groups (broad SMARTS) is 2. The molecule has 16 amide bonds. The van der Waals surface area contributed by atoms with Crippen molar-refractivity contribution in [1.29, 1.82) is 0 Å². The second-order valence-corrected chi connectivity index (χ2v) is 32.7. The van der Waals surface area contributed by atoms with Crippen molar-refractivity contribution in [2.75, 3.05) is 26.2 Å². The number of rotatable bonds is 61. The van der Waals surface area contributed by atoms with Gasteiger partial charge in [0.15, 0.2) is 0 Å². The third kappa shape index (κ3) is 42.0. The molecule has 0 aliphatic rings. The molecule has 15 atom stereocenters. The zero-order valence-electron chi connectivity index (χ0n) is 72.5. The van der Waals surface area contributed by atoms with E-state index in [4.69, 9.17) is 28.7 Å². The second-order valence-electron chi connectivity index (χ2n) is 32.7. The maximum absolute atomic E-state index is 14.8. The molecule has 0 aliphatic carbocycles. The van der Waals surface area contributed by atoms with Crippen LogP contribution in [0.5, 0.6) is 5.75 Å². The predicted octanol–water partition coefficient (Wildman–Crippen LogP) is -5.40. The van der Waals surface area contributed by atoms with Crippen LogP contribution in [0.3, 0.4) is 0 Å². The SMILES string of the molecule is CC(C)C[C@H](NC(=O)[C@H](CCCCN)NC(=O)CNC(=O)[C@H](CC(C)C)NC(=O)[C@@H](N)C(C)C)C(=O)N[C@@H](CO)C(=O)N[C@@H](CCC(N)=O)C(=O)N[C@@H](CCC(=O)O)C(=O)N[C@@H](CC(C)C)C(=O)N[C@@H](Cc1cnc[nH]1)C(=O)N[C@@H](CCCCN)C(=O)N[C@@H](CC(C)C)C(=O)N[C@@H](CCC(N)=O)C(=O)N[C@H](C(=O)N[C@@H](Cc1ccc(O)cc1)C(=O)O)[C@@H](C)O. The number of hydrogen-bond donors (Lipinski definition) is 25. The van der Waals surface area contributed by atoms with Crippen molar-refractivity contribution >= 4 is 106 Å². The average molecular weight is 1760 g/mol. The van der Waals surface area contributed by atoms with E-state index in [1.807, 2.05) is 13.8 Å². The first kappa shape index (κ1) is 109. The smallest absolute Gasteiger partial charge is 0.326 e. The van der Waals surface area contributed by atoms with Gasteiger partial charge in [0.25, 0.3) is 0 Å². The topological polar surface area (TPSA) is 736 Å². The summed E-state index contributed by atoms with van der Waals surface area (Å²) >= 11 is 0. The van der Waals surface area contributed by atoms with Crippen molar-refractivity contribution in [2.45, 2.75) is 282 Å². The lowest BCUT2D eigenvalue weighted by molar-refractivity contribution is -0.143. The van der Waals surface area contributed by atoms with E-state index in [9.17, 15) is 112 Å². The van der Waals surface area contributed by atoms with Crippen LogP contribution in [0.1, 0.15) is 190 Å². The van der Waals surface area contributed by atoms with Crippen molar-refractivity contribution in [2.24, 2.45) is 58.3 Å². The molecule has 0 spiro atoms. The first-order valence-corrected chi connectivity index (χ1v) is 41.6. The van der Waals surface area contributed by atoms with E-state index in [0.29, 0.717) is 24.8 Å². The summed E-state index contributed by atoms with van der Waals surface area (Å²) in [6, 6.07) is -16.5. The molecule has 1 aromatic carbocycles. The first-order chi connectivity index (χ1) is 58.2. The van der Waals surface area contributed by atoms with Gasteiger partial charge in [-0.05, 0) is 151 Å². The Morgan fingerprint density at radius 1 is 0.403 bits per heavy atom. The Labute approximate surface area is 720 Å². The average Bonchev–Trinajstić information content (AvgIpc) is 1.29. The van der Waals surface area contributed by atoms with Crippen LogP contribution in [0, 0.1) is 29.6 Å². The molecule has 0 saturated heterocycles. The number of nitrogens with two attached hydrogens (primary N) is 5. The van der Waals surface area contributed by atoms with Crippen molar-refractivity contribution in [3.05, 3.63) is 48.0 Å². The number of imidazole rings is 1. The van der Waals surface area contributed by atoms with Gasteiger partial charge in [0.05, 0.1) is 31.6 Å². The number of aromatic hydroxyl groups is 1. The Morgan fingerprint density at radius 3 is 1.12 bits per heavy atom. The minimum Gasteiger partial charge on any atom is -0.508 e. The van der Waals surface area contributed by atoms with E-state index in [0.717, 1.165) is 6.92 Å². The molecule has 1 aromatic heterocycles. The van der Waals surface area contributed by atoms with Crippen LogP contribution in [0.15, 0.2) is 36.8 Å². The molecule has 0 bridgehead atoms. The molecule has 696 valence electrons. The maximum Gasteiger partial charge on any atom is 0.326 e. The number of hydrogen-bond acceptors (Lipinski definition) is 25. The summed E-state index contributed by atoms with van der Waals surface area (Å²) in [6.07, 6.45) is -2.69. The van der Waals surface area contributed by atoms with E-state index in [2.05, 4.69) is 84.4 Å². The van der Waals surface area contributed by atoms with Crippen molar-refractivity contribution < 1.29 is 112 Å². The lowest BCUT2D eigenvalue weighted by Crippen LogP contribution is -2.61. The molecule has 1 heterocycles. The molecule has 30 N–H and O–H groups in total. The number of nitrogens with one attached hydrogen (secondary N) is 15. The van der Waals surface area contributed by atoms with Crippen molar-refractivity contribution in [3.63, 3.8) is 0 Å². The van der Waals surface area contributed by atoms with Crippen LogP contribution >= 0.6 is 0 Å². The quantitative estimate of drug-likeness (QED) is 0.0275. The summed E-state index contributed by atoms with van der Waals surface area (Å²) < 4.78 is 0. The molecule has 2 rings (SSSR count). The number of phenolic OH excluding ortho intramolecular Hbond substituents is 1. The number of carbonyl (C=O) groups is 18. The highest BCUT2D eigenvalue weighted by atomic mass is 16.4. The van der Waals surface area contributed by atoms with Crippen LogP contribution in [-0.2, 0) is 99.1 Å². The van der Waals surface area contributed by atoms with Crippen molar-refractivity contribution in [1.82, 2.24) is 84.4 Å². The number of unbranched alkanes of at least 4 members (excludes halogenated alkanes) is 2. The van der Waals surface area contributed by atoms with Gasteiger partial charge >= 0.3 is 11.9 Å². The maximum atomic E-state index is 14.8. The Kier molecular flexibility index (Phi) is 49.3. The lowest BCUT2D eigenvalue weighted by Gasteiger charge is -2.29. The number of H-pyrrole nitrogens is 1. The van der Waals surface area contributed by atoms with Gasteiger partial charge in [-0.3, -0.25) is 81.5 Å². The largest absolute Gasteiger partial charge is 0.508 e. The number of carbonyl (C=O) groups excluding carboxylic acids is 16. The summed E-state index contributed by atoms with van der Waals surface area (Å²) in [5.41, 5.74) is 29.2. The number of primary amides is 2. The van der Waals surface area contributed by atoms with Crippen LogP contribution in [0.4, 0.5) is 0 Å². The Hall–Kier alpha value is -11.5. The number of amides is 16. The molecular formula is C80H133N21O23. The van der Waals surface area contributed by atoms with Gasteiger partial charge < -0.3 is 134 Å². The normalized spacial score (nSPS) is 15.0. The van der Waals surface area contributed by atoms with E-state index in [-0.39, 0.29) is 106 Å². The molecule has 0 fully saturated rings. The second kappa shape index (κ2) is 56.3. The zero-order valence-corrected chi connectivity index (χ0v) is 72.5. The standard InChI is InChI=1S/C80H133N21O23/c1-40(2)30-54(98-78(121)65(85)44(9)10)67(110)87-37-63(107)89-49(16-12-14-28-81)68(111)94-57(33-43(7)8)75(118)100-60(38-102)77(120)93-51(22-25-61(83)105)70(113)91-53(24-27-64(108)109)71(114)96-56(32-42(5)6)74(117)97-58(35-47-36-86-39-88-47)76(119)90-50(17-13-15-29-82)69(112)95-55(31-41(3)4)73(116)92-52(23-26-62(84)106)72(115)101-66(45(11)103)79(122)99-59(80(123)124)34-46-18-20-48(104)21-19-46/h18-21,36,39-45,49-60,65-66,102-104H,12-17,22-35,37-38,81-82,85H2,1-11H3,(H2,83,105)(H2,84,106)(H,86,88)(H,87,110)(H,89,107)(H,90,119)(H,91,113)(H,92,116)(H,93,120)(H,94,111)(H,95,112)(H,96,114)(H,97,117)(H,98,121)(H,99,122)(H,100,118)(H,101,115)(H,108,109)(H,123,124)/t45-,49+,50+,51+,52+,53+,54+,55+,56+,57+,58+,59+,60+,65+,66+/m1/s1. The van der Waals surface area contributed by atoms with Gasteiger partial charge in [0, 0.05) is 44.0 Å². The van der Waals surface area contributed by atoms with Gasteiger partial charge in [-0.1, -0.05) is 81.4 Å². The third-order valence-corrected chi connectivity index (χ3v) is 19.4. The van der Waals surface area contributed by atoms with E-state index in [1.54, 1.807) is 55.4 Å². The Bertz CT molecular complexity index is 3850. The molecule has 0 aliphatic heterocycles. The Morgan fingerprint density at radius 2 is 0.750 bits per heavy atom. The highest BCUT2D eigenvalue weighted by Gasteiger charge is 2.40. The van der Waals surface area contributed by atoms with Crippen LogP contribution in [-0.4, -0.2) is 259 Å². The number of aliphatic carboxylic acids is 2. The predicted molar refractivity (Wildman–Crippen MR) is 449 cm³/mol. The number of aromatic nitrogens is 2. The lowest BCUT2D eigenvalue weighted by atomic mass is 10.00. The number of benzene rings is 1. The fourth-order valence-corrected chi connectivity index (χ4v) is 12.5. The third-order valence-electron chi connectivity index (χ3n) is 19.4. The van der Waals surface area contributed by atoms with Crippen LogP contribution < -0.4 is 103 Å². The molecule has 0 radical (unpaired) electrons. The number of phenols is 1. The van der Waals surface area contributed by atoms with E-state index < -0.39 is 255 Å². The van der Waals surface area contributed by atoms with Crippen LogP contribution in [0.2, 0.25) is 0 Å². The minimum atomic E-state index is -1.92. The van der Waals surface area contributed by atoms with Gasteiger partial charge in [0.2, 0.25) is 94.5 Å². The molecular weight excluding hydrogens is 1620 g/mol. The molecule has 0 unspecified atom stereocenters. The fourth-order valence-electron chi connectivity index (χ4n) is 12.5. The number of carboxylic acids is 2. The summed E-state index contributed by atoms with van der Waals surface area (Å²) in [4.78, 5) is 253. The van der Waals surface area contributed by atoms with Gasteiger partial charge in [-0.15, -0.1) is 0 Å². The number of aliphatic hydroxyl groups is 2. The fraction of sp³-hybridized carbons (Fsp3) is 0.662.